The fourth-order valence-electron chi connectivity index (χ4n) is 2.63. The molecule has 0 atom stereocenters. The molecular formula is C18H19N3O8S. The summed E-state index contributed by atoms with van der Waals surface area (Å²) in [4.78, 5) is 32.5. The number of esters is 1. The third-order valence-electron chi connectivity index (χ3n) is 3.92. The van der Waals surface area contributed by atoms with E-state index in [0.29, 0.717) is 0 Å². The molecule has 0 unspecified atom stereocenters. The van der Waals surface area contributed by atoms with Crippen LogP contribution in [0.5, 0.6) is 0 Å². The first-order valence-corrected chi connectivity index (χ1v) is 10.1. The standard InChI is InChI=1S/C18H19N3O8S/c1-12(2)29-18(22)11-19(17-8-7-15(21(25)26)9-13(17)3)30(27,28)16-6-4-5-14(10-16)20(23)24/h4-10,12H,11H2,1-3H3. The number of aryl methyl sites for hydroxylation is 1. The number of rotatable bonds is 8. The molecule has 0 aliphatic rings. The van der Waals surface area contributed by atoms with Gasteiger partial charge in [0.15, 0.2) is 0 Å². The highest BCUT2D eigenvalue weighted by molar-refractivity contribution is 7.92. The van der Waals surface area contributed by atoms with Crippen molar-refractivity contribution in [2.24, 2.45) is 0 Å². The zero-order valence-corrected chi connectivity index (χ0v) is 17.2. The smallest absolute Gasteiger partial charge is 0.327 e. The van der Waals surface area contributed by atoms with E-state index in [-0.39, 0.29) is 16.9 Å². The van der Waals surface area contributed by atoms with Gasteiger partial charge in [0.05, 0.1) is 26.5 Å². The molecule has 0 saturated heterocycles. The molecule has 11 nitrogen and oxygen atoms in total. The summed E-state index contributed by atoms with van der Waals surface area (Å²) in [5.74, 6) is -0.850. The van der Waals surface area contributed by atoms with Crippen LogP contribution in [-0.2, 0) is 19.6 Å². The molecule has 2 aromatic rings. The largest absolute Gasteiger partial charge is 0.462 e. The second kappa shape index (κ2) is 8.86. The number of nitro groups is 2. The van der Waals surface area contributed by atoms with Crippen LogP contribution in [0.2, 0.25) is 0 Å². The molecule has 0 aliphatic heterocycles. The van der Waals surface area contributed by atoms with E-state index in [2.05, 4.69) is 0 Å². The quantitative estimate of drug-likeness (QED) is 0.347. The average molecular weight is 437 g/mol. The fraction of sp³-hybridized carbons (Fsp3) is 0.278. The monoisotopic (exact) mass is 437 g/mol. The van der Waals surface area contributed by atoms with Crippen molar-refractivity contribution >= 4 is 33.1 Å². The molecule has 2 rings (SSSR count). The second-order valence-electron chi connectivity index (χ2n) is 6.53. The zero-order chi connectivity index (χ0) is 22.6. The number of nitro benzene ring substituents is 2. The third kappa shape index (κ3) is 5.08. The number of hydrogen-bond acceptors (Lipinski definition) is 8. The fourth-order valence-corrected chi connectivity index (χ4v) is 4.15. The average Bonchev–Trinajstić information content (AvgIpc) is 2.65. The zero-order valence-electron chi connectivity index (χ0n) is 16.3. The topological polar surface area (TPSA) is 150 Å². The predicted octanol–water partition coefficient (Wildman–Crippen LogP) is 2.96. The van der Waals surface area contributed by atoms with Crippen LogP contribution in [0, 0.1) is 27.2 Å². The number of anilines is 1. The molecule has 0 bridgehead atoms. The van der Waals surface area contributed by atoms with Crippen LogP contribution in [0.25, 0.3) is 0 Å². The molecule has 0 heterocycles. The van der Waals surface area contributed by atoms with Crippen molar-refractivity contribution in [3.8, 4) is 0 Å². The maximum absolute atomic E-state index is 13.3. The minimum Gasteiger partial charge on any atom is -0.462 e. The lowest BCUT2D eigenvalue weighted by atomic mass is 10.2. The number of carbonyl (C=O) groups is 1. The van der Waals surface area contributed by atoms with Crippen molar-refractivity contribution in [1.82, 2.24) is 0 Å². The van der Waals surface area contributed by atoms with Crippen molar-refractivity contribution in [1.29, 1.82) is 0 Å². The van der Waals surface area contributed by atoms with Gasteiger partial charge in [-0.3, -0.25) is 29.3 Å². The van der Waals surface area contributed by atoms with Gasteiger partial charge in [0.25, 0.3) is 21.4 Å². The Morgan fingerprint density at radius 3 is 2.20 bits per heavy atom. The third-order valence-corrected chi connectivity index (χ3v) is 5.67. The number of hydrogen-bond donors (Lipinski definition) is 0. The summed E-state index contributed by atoms with van der Waals surface area (Å²) in [6.07, 6.45) is -0.502. The lowest BCUT2D eigenvalue weighted by Crippen LogP contribution is -2.37. The number of carbonyl (C=O) groups excluding carboxylic acids is 1. The lowest BCUT2D eigenvalue weighted by Gasteiger charge is -2.25. The molecule has 0 N–H and O–H groups in total. The molecule has 0 radical (unpaired) electrons. The molecule has 2 aromatic carbocycles. The Kier molecular flexibility index (Phi) is 6.72. The minimum atomic E-state index is -4.44. The summed E-state index contributed by atoms with van der Waals surface area (Å²) in [5.41, 5.74) is -0.474. The summed E-state index contributed by atoms with van der Waals surface area (Å²) >= 11 is 0. The summed E-state index contributed by atoms with van der Waals surface area (Å²) in [7, 11) is -4.44. The first-order chi connectivity index (χ1) is 13.9. The van der Waals surface area contributed by atoms with E-state index in [1.807, 2.05) is 0 Å². The van der Waals surface area contributed by atoms with Crippen LogP contribution < -0.4 is 4.31 Å². The Bertz CT molecular complexity index is 1100. The summed E-state index contributed by atoms with van der Waals surface area (Å²) in [6.45, 7) is 3.91. The van der Waals surface area contributed by atoms with Crippen LogP contribution in [0.3, 0.4) is 0 Å². The number of nitrogens with zero attached hydrogens (tertiary/aromatic N) is 3. The summed E-state index contributed by atoms with van der Waals surface area (Å²) in [5, 5.41) is 22.0. The van der Waals surface area contributed by atoms with E-state index in [4.69, 9.17) is 4.74 Å². The van der Waals surface area contributed by atoms with E-state index < -0.39 is 49.1 Å². The van der Waals surface area contributed by atoms with Crippen molar-refractivity contribution in [3.63, 3.8) is 0 Å². The van der Waals surface area contributed by atoms with Gasteiger partial charge in [0.1, 0.15) is 6.54 Å². The molecule has 160 valence electrons. The van der Waals surface area contributed by atoms with Crippen LogP contribution in [0.1, 0.15) is 19.4 Å². The number of non-ortho nitro benzene ring substituents is 2. The van der Waals surface area contributed by atoms with Gasteiger partial charge in [-0.05, 0) is 38.5 Å². The Morgan fingerprint density at radius 1 is 1.07 bits per heavy atom. The van der Waals surface area contributed by atoms with Crippen molar-refractivity contribution < 1.29 is 27.8 Å². The van der Waals surface area contributed by atoms with E-state index in [1.165, 1.54) is 25.1 Å². The lowest BCUT2D eigenvalue weighted by molar-refractivity contribution is -0.385. The van der Waals surface area contributed by atoms with E-state index in [0.717, 1.165) is 28.6 Å². The second-order valence-corrected chi connectivity index (χ2v) is 8.39. The van der Waals surface area contributed by atoms with Crippen LogP contribution >= 0.6 is 0 Å². The highest BCUT2D eigenvalue weighted by Crippen LogP contribution is 2.30. The first kappa shape index (κ1) is 22.7. The van der Waals surface area contributed by atoms with Crippen molar-refractivity contribution in [3.05, 3.63) is 68.3 Å². The van der Waals surface area contributed by atoms with E-state index in [1.54, 1.807) is 13.8 Å². The molecule has 0 aliphatic carbocycles. The number of benzene rings is 2. The summed E-state index contributed by atoms with van der Waals surface area (Å²) < 4.78 is 32.3. The molecule has 0 aromatic heterocycles. The van der Waals surface area contributed by atoms with Gasteiger partial charge in [-0.15, -0.1) is 0 Å². The minimum absolute atomic E-state index is 0.00723. The maximum Gasteiger partial charge on any atom is 0.327 e. The molecule has 0 amide bonds. The molecular weight excluding hydrogens is 418 g/mol. The van der Waals surface area contributed by atoms with E-state index >= 15 is 0 Å². The Hall–Kier alpha value is -3.54. The van der Waals surface area contributed by atoms with Crippen molar-refractivity contribution in [2.75, 3.05) is 10.8 Å². The van der Waals surface area contributed by atoms with Crippen molar-refractivity contribution in [2.45, 2.75) is 31.8 Å². The van der Waals surface area contributed by atoms with Crippen LogP contribution in [0.15, 0.2) is 47.4 Å². The molecule has 0 saturated carbocycles. The van der Waals surface area contributed by atoms with Crippen LogP contribution in [0.4, 0.5) is 17.1 Å². The highest BCUT2D eigenvalue weighted by Gasteiger charge is 2.30. The first-order valence-electron chi connectivity index (χ1n) is 8.65. The molecule has 0 spiro atoms. The Balaban J connectivity index is 2.61. The summed E-state index contributed by atoms with van der Waals surface area (Å²) in [6, 6.07) is 7.84. The van der Waals surface area contributed by atoms with E-state index in [9.17, 15) is 33.4 Å². The maximum atomic E-state index is 13.3. The van der Waals surface area contributed by atoms with Gasteiger partial charge in [0, 0.05) is 24.3 Å². The normalized spacial score (nSPS) is 11.2. The van der Waals surface area contributed by atoms with Gasteiger partial charge >= 0.3 is 5.97 Å². The highest BCUT2D eigenvalue weighted by atomic mass is 32.2. The van der Waals surface area contributed by atoms with Gasteiger partial charge < -0.3 is 4.74 Å². The molecule has 30 heavy (non-hydrogen) atoms. The SMILES string of the molecule is Cc1cc([N+](=O)[O-])ccc1N(CC(=O)OC(C)C)S(=O)(=O)c1cccc([N+](=O)[O-])c1. The Morgan fingerprint density at radius 2 is 1.67 bits per heavy atom. The predicted molar refractivity (Wildman–Crippen MR) is 107 cm³/mol. The van der Waals surface area contributed by atoms with Gasteiger partial charge in [-0.2, -0.15) is 0 Å². The van der Waals surface area contributed by atoms with Gasteiger partial charge in [-0.1, -0.05) is 6.07 Å². The van der Waals surface area contributed by atoms with Gasteiger partial charge in [0.2, 0.25) is 0 Å². The molecule has 0 fully saturated rings. The van der Waals surface area contributed by atoms with Crippen LogP contribution in [-0.4, -0.2) is 36.9 Å². The molecule has 12 heteroatoms. The van der Waals surface area contributed by atoms with Gasteiger partial charge in [-0.25, -0.2) is 8.42 Å². The number of ether oxygens (including phenoxy) is 1. The Labute approximate surface area is 172 Å². The number of sulfonamides is 1.